The predicted octanol–water partition coefficient (Wildman–Crippen LogP) is 0.233. The van der Waals surface area contributed by atoms with Crippen molar-refractivity contribution in [2.75, 3.05) is 33.2 Å². The molecule has 0 saturated carbocycles. The van der Waals surface area contributed by atoms with Crippen LogP contribution in [0.5, 0.6) is 0 Å². The van der Waals surface area contributed by atoms with Crippen molar-refractivity contribution in [1.82, 2.24) is 25.1 Å². The lowest BCUT2D eigenvalue weighted by atomic mass is 10.2. The molecule has 0 bridgehead atoms. The molecule has 5 heteroatoms. The van der Waals surface area contributed by atoms with Crippen molar-refractivity contribution in [3.8, 4) is 0 Å². The van der Waals surface area contributed by atoms with E-state index in [9.17, 15) is 0 Å². The fourth-order valence-electron chi connectivity index (χ4n) is 1.95. The Morgan fingerprint density at radius 2 is 1.94 bits per heavy atom. The molecule has 2 heterocycles. The lowest BCUT2D eigenvalue weighted by Crippen LogP contribution is -2.51. The minimum Gasteiger partial charge on any atom is -0.304 e. The summed E-state index contributed by atoms with van der Waals surface area (Å²) in [5.74, 6) is 0. The monoisotopic (exact) mass is 223 g/mol. The van der Waals surface area contributed by atoms with Crippen LogP contribution in [0.2, 0.25) is 0 Å². The number of aromatic nitrogens is 2. The third-order valence-corrected chi connectivity index (χ3v) is 3.10. The third-order valence-electron chi connectivity index (χ3n) is 3.10. The maximum Gasteiger partial charge on any atom is 0.0537 e. The Hall–Kier alpha value is -0.910. The second-order valence-corrected chi connectivity index (χ2v) is 4.59. The Morgan fingerprint density at radius 3 is 2.50 bits per heavy atom. The maximum atomic E-state index is 4.19. The topological polar surface area (TPSA) is 36.3 Å². The summed E-state index contributed by atoms with van der Waals surface area (Å²) in [6.07, 6.45) is 3.99. The van der Waals surface area contributed by atoms with E-state index in [0.717, 1.165) is 26.2 Å². The Labute approximate surface area is 97.0 Å². The SMILES string of the molecule is CC(NN1CCN(C)CC1)c1cnn(C)c1. The summed E-state index contributed by atoms with van der Waals surface area (Å²) >= 11 is 0. The molecule has 2 rings (SSSR count). The van der Waals surface area contributed by atoms with Crippen LogP contribution < -0.4 is 5.43 Å². The fraction of sp³-hybridized carbons (Fsp3) is 0.727. The number of rotatable bonds is 3. The molecule has 1 unspecified atom stereocenters. The molecule has 0 spiro atoms. The molecule has 5 nitrogen and oxygen atoms in total. The Bertz CT molecular complexity index is 327. The van der Waals surface area contributed by atoms with Gasteiger partial charge in [-0.05, 0) is 14.0 Å². The minimum absolute atomic E-state index is 0.331. The zero-order chi connectivity index (χ0) is 11.5. The number of aryl methyl sites for hydroxylation is 1. The molecule has 1 fully saturated rings. The highest BCUT2D eigenvalue weighted by Crippen LogP contribution is 2.11. The molecule has 1 aliphatic rings. The van der Waals surface area contributed by atoms with Gasteiger partial charge in [0.05, 0.1) is 6.20 Å². The second-order valence-electron chi connectivity index (χ2n) is 4.59. The standard InChI is InChI=1S/C11H21N5/c1-10(11-8-12-15(3)9-11)13-16-6-4-14(2)5-7-16/h8-10,13H,4-7H2,1-3H3. The van der Waals surface area contributed by atoms with Gasteiger partial charge < -0.3 is 4.90 Å². The first-order chi connectivity index (χ1) is 7.65. The van der Waals surface area contributed by atoms with E-state index in [2.05, 4.69) is 40.6 Å². The largest absolute Gasteiger partial charge is 0.304 e. The highest BCUT2D eigenvalue weighted by atomic mass is 15.5. The first kappa shape index (κ1) is 11.6. The molecule has 1 saturated heterocycles. The van der Waals surface area contributed by atoms with Crippen molar-refractivity contribution >= 4 is 0 Å². The van der Waals surface area contributed by atoms with Gasteiger partial charge in [-0.25, -0.2) is 10.4 Å². The maximum absolute atomic E-state index is 4.19. The summed E-state index contributed by atoms with van der Waals surface area (Å²) in [7, 11) is 4.12. The van der Waals surface area contributed by atoms with Crippen molar-refractivity contribution in [3.63, 3.8) is 0 Å². The van der Waals surface area contributed by atoms with Crippen LogP contribution in [0.25, 0.3) is 0 Å². The molecule has 1 atom stereocenters. The van der Waals surface area contributed by atoms with Crippen molar-refractivity contribution in [2.24, 2.45) is 7.05 Å². The molecule has 16 heavy (non-hydrogen) atoms. The molecule has 1 aliphatic heterocycles. The third kappa shape index (κ3) is 2.81. The van der Waals surface area contributed by atoms with E-state index in [1.54, 1.807) is 0 Å². The van der Waals surface area contributed by atoms with Crippen LogP contribution in [0, 0.1) is 0 Å². The van der Waals surface area contributed by atoms with E-state index in [4.69, 9.17) is 0 Å². The van der Waals surface area contributed by atoms with E-state index in [1.807, 2.05) is 17.9 Å². The molecule has 0 aromatic carbocycles. The van der Waals surface area contributed by atoms with Crippen molar-refractivity contribution in [3.05, 3.63) is 18.0 Å². The summed E-state index contributed by atoms with van der Waals surface area (Å²) in [4.78, 5) is 2.35. The van der Waals surface area contributed by atoms with Gasteiger partial charge >= 0.3 is 0 Å². The van der Waals surface area contributed by atoms with Crippen molar-refractivity contribution < 1.29 is 0 Å². The van der Waals surface area contributed by atoms with Gasteiger partial charge in [0.25, 0.3) is 0 Å². The van der Waals surface area contributed by atoms with Crippen LogP contribution in [0.15, 0.2) is 12.4 Å². The molecular weight excluding hydrogens is 202 g/mol. The van der Waals surface area contributed by atoms with Gasteiger partial charge in [0, 0.05) is 51.0 Å². The summed E-state index contributed by atoms with van der Waals surface area (Å²) in [6.45, 7) is 6.61. The number of hydrazine groups is 1. The van der Waals surface area contributed by atoms with E-state index in [-0.39, 0.29) is 0 Å². The van der Waals surface area contributed by atoms with Crippen LogP contribution >= 0.6 is 0 Å². The lowest BCUT2D eigenvalue weighted by Gasteiger charge is -2.34. The fourth-order valence-corrected chi connectivity index (χ4v) is 1.95. The van der Waals surface area contributed by atoms with Crippen LogP contribution in [-0.4, -0.2) is 52.9 Å². The molecule has 1 aromatic heterocycles. The van der Waals surface area contributed by atoms with Gasteiger partial charge in [0.15, 0.2) is 0 Å². The normalized spacial score (nSPS) is 21.2. The van der Waals surface area contributed by atoms with E-state index < -0.39 is 0 Å². The zero-order valence-corrected chi connectivity index (χ0v) is 10.3. The van der Waals surface area contributed by atoms with Crippen LogP contribution in [0.3, 0.4) is 0 Å². The van der Waals surface area contributed by atoms with Gasteiger partial charge in [-0.3, -0.25) is 4.68 Å². The molecule has 1 aromatic rings. The molecule has 0 aliphatic carbocycles. The summed E-state index contributed by atoms with van der Waals surface area (Å²) in [5.41, 5.74) is 4.76. The van der Waals surface area contributed by atoms with Crippen LogP contribution in [0.4, 0.5) is 0 Å². The highest BCUT2D eigenvalue weighted by molar-refractivity contribution is 5.08. The highest BCUT2D eigenvalue weighted by Gasteiger charge is 2.16. The quantitative estimate of drug-likeness (QED) is 0.796. The number of piperazine rings is 1. The minimum atomic E-state index is 0.331. The smallest absolute Gasteiger partial charge is 0.0537 e. The van der Waals surface area contributed by atoms with Gasteiger partial charge in [-0.1, -0.05) is 0 Å². The second kappa shape index (κ2) is 4.95. The van der Waals surface area contributed by atoms with E-state index >= 15 is 0 Å². The summed E-state index contributed by atoms with van der Waals surface area (Å²) in [6, 6.07) is 0.331. The number of hydrogen-bond donors (Lipinski definition) is 1. The number of likely N-dealkylation sites (N-methyl/N-ethyl adjacent to an activating group) is 1. The average Bonchev–Trinajstić information content (AvgIpc) is 2.68. The Morgan fingerprint density at radius 1 is 1.25 bits per heavy atom. The predicted molar refractivity (Wildman–Crippen MR) is 63.8 cm³/mol. The molecular formula is C11H21N5. The lowest BCUT2D eigenvalue weighted by molar-refractivity contribution is 0.0899. The molecule has 90 valence electrons. The summed E-state index contributed by atoms with van der Waals surface area (Å²) in [5, 5.41) is 6.50. The molecule has 0 amide bonds. The van der Waals surface area contributed by atoms with Crippen LogP contribution in [-0.2, 0) is 7.05 Å². The van der Waals surface area contributed by atoms with Crippen molar-refractivity contribution in [1.29, 1.82) is 0 Å². The Balaban J connectivity index is 1.85. The number of nitrogens with zero attached hydrogens (tertiary/aromatic N) is 4. The van der Waals surface area contributed by atoms with E-state index in [0.29, 0.717) is 6.04 Å². The first-order valence-corrected chi connectivity index (χ1v) is 5.83. The molecule has 1 N–H and O–H groups in total. The molecule has 0 radical (unpaired) electrons. The van der Waals surface area contributed by atoms with Crippen LogP contribution in [0.1, 0.15) is 18.5 Å². The summed E-state index contributed by atoms with van der Waals surface area (Å²) < 4.78 is 1.84. The van der Waals surface area contributed by atoms with Crippen molar-refractivity contribution in [2.45, 2.75) is 13.0 Å². The van der Waals surface area contributed by atoms with Gasteiger partial charge in [-0.2, -0.15) is 5.10 Å². The zero-order valence-electron chi connectivity index (χ0n) is 10.3. The van der Waals surface area contributed by atoms with E-state index in [1.165, 1.54) is 5.56 Å². The first-order valence-electron chi connectivity index (χ1n) is 5.83. The number of hydrogen-bond acceptors (Lipinski definition) is 4. The van der Waals surface area contributed by atoms with Gasteiger partial charge in [0.1, 0.15) is 0 Å². The Kier molecular flexibility index (Phi) is 3.58. The van der Waals surface area contributed by atoms with Gasteiger partial charge in [-0.15, -0.1) is 0 Å². The van der Waals surface area contributed by atoms with Gasteiger partial charge in [0.2, 0.25) is 0 Å². The average molecular weight is 223 g/mol. The number of nitrogens with one attached hydrogen (secondary N) is 1.